The Balaban J connectivity index is 1.81. The van der Waals surface area contributed by atoms with E-state index in [9.17, 15) is 14.4 Å². The molecule has 1 heterocycles. The second-order valence-corrected chi connectivity index (χ2v) is 6.14. The van der Waals surface area contributed by atoms with Crippen LogP contribution in [0.1, 0.15) is 19.8 Å². The molecule has 1 fully saturated rings. The Morgan fingerprint density at radius 1 is 1.32 bits per heavy atom. The second-order valence-electron chi connectivity index (χ2n) is 5.32. The molecule has 1 aliphatic heterocycles. The van der Waals surface area contributed by atoms with Gasteiger partial charge in [0.05, 0.1) is 36.2 Å². The summed E-state index contributed by atoms with van der Waals surface area (Å²) < 4.78 is 9.97. The lowest BCUT2D eigenvalue weighted by molar-refractivity contribution is -0.144. The fraction of sp³-hybridized carbons (Fsp3) is 0.438. The molecule has 1 aromatic carbocycles. The van der Waals surface area contributed by atoms with E-state index in [2.05, 4.69) is 5.32 Å². The van der Waals surface area contributed by atoms with Gasteiger partial charge >= 0.3 is 12.1 Å². The standard InChI is InChI=1S/C16H18Cl2N2O5/c1-2-24-15(22)6-5-14(21)19-8-11-9-20(16(23)25-11)10-3-4-12(17)13(18)7-10/h3-4,7,11H,2,5-6,8-9H2,1H3,(H,19,21). The molecule has 1 N–H and O–H groups in total. The number of esters is 1. The quantitative estimate of drug-likeness (QED) is 0.725. The van der Waals surface area contributed by atoms with Crippen LogP contribution in [0.5, 0.6) is 0 Å². The molecule has 136 valence electrons. The third-order valence-corrected chi connectivity index (χ3v) is 4.22. The monoisotopic (exact) mass is 388 g/mol. The highest BCUT2D eigenvalue weighted by Gasteiger charge is 2.32. The van der Waals surface area contributed by atoms with Crippen molar-refractivity contribution in [3.8, 4) is 0 Å². The van der Waals surface area contributed by atoms with Crippen molar-refractivity contribution in [3.05, 3.63) is 28.2 Å². The van der Waals surface area contributed by atoms with Crippen molar-refractivity contribution in [3.63, 3.8) is 0 Å². The van der Waals surface area contributed by atoms with E-state index in [1.54, 1.807) is 25.1 Å². The molecule has 9 heteroatoms. The molecule has 7 nitrogen and oxygen atoms in total. The molecular formula is C16H18Cl2N2O5. The predicted octanol–water partition coefficient (Wildman–Crippen LogP) is 2.78. The number of carbonyl (C=O) groups is 3. The Morgan fingerprint density at radius 3 is 2.76 bits per heavy atom. The number of ether oxygens (including phenoxy) is 2. The minimum absolute atomic E-state index is 0.0134. The molecule has 0 spiro atoms. The van der Waals surface area contributed by atoms with Gasteiger partial charge in [-0.1, -0.05) is 23.2 Å². The molecule has 25 heavy (non-hydrogen) atoms. The van der Waals surface area contributed by atoms with E-state index in [-0.39, 0.29) is 38.4 Å². The maximum atomic E-state index is 12.0. The van der Waals surface area contributed by atoms with Crippen LogP contribution in [0.25, 0.3) is 0 Å². The van der Waals surface area contributed by atoms with Crippen LogP contribution in [0.4, 0.5) is 10.5 Å². The lowest BCUT2D eigenvalue weighted by Gasteiger charge is -2.13. The van der Waals surface area contributed by atoms with Crippen molar-refractivity contribution in [2.75, 3.05) is 24.6 Å². The van der Waals surface area contributed by atoms with E-state index in [1.807, 2.05) is 0 Å². The van der Waals surface area contributed by atoms with Gasteiger partial charge in [-0.15, -0.1) is 0 Å². The highest BCUT2D eigenvalue weighted by atomic mass is 35.5. The van der Waals surface area contributed by atoms with Crippen molar-refractivity contribution in [2.24, 2.45) is 0 Å². The molecule has 1 saturated heterocycles. The van der Waals surface area contributed by atoms with Crippen LogP contribution in [-0.2, 0) is 19.1 Å². The SMILES string of the molecule is CCOC(=O)CCC(=O)NCC1CN(c2ccc(Cl)c(Cl)c2)C(=O)O1. The number of cyclic esters (lactones) is 1. The summed E-state index contributed by atoms with van der Waals surface area (Å²) in [5.74, 6) is -0.729. The molecule has 1 aliphatic rings. The number of benzene rings is 1. The molecule has 0 bridgehead atoms. The highest BCUT2D eigenvalue weighted by molar-refractivity contribution is 6.42. The van der Waals surface area contributed by atoms with E-state index < -0.39 is 18.2 Å². The van der Waals surface area contributed by atoms with Gasteiger partial charge in [0.25, 0.3) is 0 Å². The molecule has 1 unspecified atom stereocenters. The maximum absolute atomic E-state index is 12.0. The lowest BCUT2D eigenvalue weighted by Crippen LogP contribution is -2.34. The van der Waals surface area contributed by atoms with Gasteiger partial charge in [0.1, 0.15) is 6.10 Å². The maximum Gasteiger partial charge on any atom is 0.414 e. The number of hydrogen-bond donors (Lipinski definition) is 1. The summed E-state index contributed by atoms with van der Waals surface area (Å²) in [5.41, 5.74) is 0.565. The topological polar surface area (TPSA) is 84.9 Å². The Bertz CT molecular complexity index is 668. The smallest absolute Gasteiger partial charge is 0.414 e. The third-order valence-electron chi connectivity index (χ3n) is 3.48. The molecule has 1 aromatic rings. The molecule has 2 amide bonds. The number of nitrogens with one attached hydrogen (secondary N) is 1. The van der Waals surface area contributed by atoms with Crippen LogP contribution >= 0.6 is 23.2 Å². The van der Waals surface area contributed by atoms with Gasteiger partial charge in [-0.05, 0) is 25.1 Å². The van der Waals surface area contributed by atoms with Crippen molar-refractivity contribution < 1.29 is 23.9 Å². The van der Waals surface area contributed by atoms with Gasteiger partial charge in [-0.2, -0.15) is 0 Å². The fourth-order valence-corrected chi connectivity index (χ4v) is 2.55. The Labute approximate surface area is 155 Å². The molecule has 0 aromatic heterocycles. The highest BCUT2D eigenvalue weighted by Crippen LogP contribution is 2.29. The summed E-state index contributed by atoms with van der Waals surface area (Å²) in [6.45, 7) is 2.41. The van der Waals surface area contributed by atoms with Gasteiger partial charge in [0.2, 0.25) is 5.91 Å². The number of anilines is 1. The van der Waals surface area contributed by atoms with Crippen LogP contribution in [0.2, 0.25) is 10.0 Å². The normalized spacial score (nSPS) is 16.5. The second kappa shape index (κ2) is 8.92. The first-order valence-corrected chi connectivity index (χ1v) is 8.51. The van der Waals surface area contributed by atoms with Crippen LogP contribution in [0.15, 0.2) is 18.2 Å². The molecule has 0 saturated carbocycles. The van der Waals surface area contributed by atoms with Crippen LogP contribution in [0.3, 0.4) is 0 Å². The number of halogens is 2. The predicted molar refractivity (Wildman–Crippen MR) is 93.0 cm³/mol. The van der Waals surface area contributed by atoms with Crippen LogP contribution < -0.4 is 10.2 Å². The summed E-state index contributed by atoms with van der Waals surface area (Å²) in [7, 11) is 0. The number of carbonyl (C=O) groups excluding carboxylic acids is 3. The number of rotatable bonds is 7. The largest absolute Gasteiger partial charge is 0.466 e. The summed E-state index contributed by atoms with van der Waals surface area (Å²) in [5, 5.41) is 3.37. The van der Waals surface area contributed by atoms with Gasteiger partial charge in [0.15, 0.2) is 0 Å². The summed E-state index contributed by atoms with van der Waals surface area (Å²) in [4.78, 5) is 36.3. The first-order chi connectivity index (χ1) is 11.9. The summed E-state index contributed by atoms with van der Waals surface area (Å²) in [6, 6.07) is 4.83. The lowest BCUT2D eigenvalue weighted by atomic mass is 10.2. The van der Waals surface area contributed by atoms with E-state index in [0.717, 1.165) is 0 Å². The zero-order chi connectivity index (χ0) is 18.4. The van der Waals surface area contributed by atoms with E-state index in [0.29, 0.717) is 15.7 Å². The zero-order valence-electron chi connectivity index (χ0n) is 13.6. The molecule has 0 aliphatic carbocycles. The average molecular weight is 389 g/mol. The molecular weight excluding hydrogens is 371 g/mol. The van der Waals surface area contributed by atoms with Crippen molar-refractivity contribution >= 4 is 46.9 Å². The first kappa shape index (κ1) is 19.3. The van der Waals surface area contributed by atoms with Crippen molar-refractivity contribution in [2.45, 2.75) is 25.9 Å². The zero-order valence-corrected chi connectivity index (χ0v) is 15.1. The van der Waals surface area contributed by atoms with E-state index in [1.165, 1.54) is 4.90 Å². The number of hydrogen-bond acceptors (Lipinski definition) is 5. The fourth-order valence-electron chi connectivity index (χ4n) is 2.26. The summed E-state index contributed by atoms with van der Waals surface area (Å²) in [6.07, 6.45) is -0.979. The van der Waals surface area contributed by atoms with Gasteiger partial charge in [-0.3, -0.25) is 14.5 Å². The molecule has 0 radical (unpaired) electrons. The van der Waals surface area contributed by atoms with E-state index >= 15 is 0 Å². The van der Waals surface area contributed by atoms with Gasteiger partial charge in [-0.25, -0.2) is 4.79 Å². The minimum Gasteiger partial charge on any atom is -0.466 e. The Kier molecular flexibility index (Phi) is 6.90. The van der Waals surface area contributed by atoms with Crippen LogP contribution in [0, 0.1) is 0 Å². The number of nitrogens with zero attached hydrogens (tertiary/aromatic N) is 1. The van der Waals surface area contributed by atoms with E-state index in [4.69, 9.17) is 32.7 Å². The number of amides is 2. The Hall–Kier alpha value is -1.99. The summed E-state index contributed by atoms with van der Waals surface area (Å²) >= 11 is 11.8. The van der Waals surface area contributed by atoms with Crippen molar-refractivity contribution in [1.82, 2.24) is 5.32 Å². The molecule has 2 rings (SSSR count). The van der Waals surface area contributed by atoms with Crippen molar-refractivity contribution in [1.29, 1.82) is 0 Å². The van der Waals surface area contributed by atoms with Gasteiger partial charge < -0.3 is 14.8 Å². The Morgan fingerprint density at radius 2 is 2.08 bits per heavy atom. The van der Waals surface area contributed by atoms with Gasteiger partial charge in [0, 0.05) is 12.1 Å². The first-order valence-electron chi connectivity index (χ1n) is 7.76. The average Bonchev–Trinajstić information content (AvgIpc) is 2.95. The minimum atomic E-state index is -0.524. The molecule has 1 atom stereocenters. The third kappa shape index (κ3) is 5.51. The van der Waals surface area contributed by atoms with Crippen LogP contribution in [-0.4, -0.2) is 43.8 Å².